The SMILES string of the molecule is Bc1ccc(-c2ccc(C3=C4C=CCCC4CC=C3)c3ccccc23)c2ccccc12. The molecule has 6 rings (SSSR count). The van der Waals surface area contributed by atoms with Gasteiger partial charge in [-0.1, -0.05) is 103 Å². The molecule has 0 bridgehead atoms. The van der Waals surface area contributed by atoms with Gasteiger partial charge in [0, 0.05) is 0 Å². The second-order valence-electron chi connectivity index (χ2n) is 8.87. The van der Waals surface area contributed by atoms with Crippen molar-refractivity contribution < 1.29 is 0 Å². The zero-order valence-electron chi connectivity index (χ0n) is 17.9. The van der Waals surface area contributed by atoms with Crippen LogP contribution in [0.4, 0.5) is 0 Å². The normalized spacial score (nSPS) is 18.0. The number of rotatable bonds is 2. The molecule has 1 atom stereocenters. The van der Waals surface area contributed by atoms with Crippen LogP contribution < -0.4 is 5.46 Å². The summed E-state index contributed by atoms with van der Waals surface area (Å²) in [5.74, 6) is 0.671. The van der Waals surface area contributed by atoms with Crippen LogP contribution in [-0.4, -0.2) is 7.85 Å². The van der Waals surface area contributed by atoms with Crippen LogP contribution in [0.2, 0.25) is 0 Å². The highest BCUT2D eigenvalue weighted by molar-refractivity contribution is 6.39. The molecule has 0 aromatic heterocycles. The Hall–Kier alpha value is -3.32. The fraction of sp³-hybridized carbons (Fsp3) is 0.133. The van der Waals surface area contributed by atoms with Gasteiger partial charge in [0.2, 0.25) is 0 Å². The lowest BCUT2D eigenvalue weighted by Gasteiger charge is -2.27. The number of fused-ring (bicyclic) bond motifs is 3. The van der Waals surface area contributed by atoms with E-state index in [1.165, 1.54) is 74.1 Å². The molecule has 0 heterocycles. The maximum absolute atomic E-state index is 2.38. The minimum Gasteiger partial charge on any atom is -0.0842 e. The van der Waals surface area contributed by atoms with Gasteiger partial charge < -0.3 is 0 Å². The molecule has 31 heavy (non-hydrogen) atoms. The van der Waals surface area contributed by atoms with E-state index in [-0.39, 0.29) is 0 Å². The molecule has 1 unspecified atom stereocenters. The van der Waals surface area contributed by atoms with Crippen LogP contribution in [0.1, 0.15) is 24.8 Å². The van der Waals surface area contributed by atoms with Gasteiger partial charge >= 0.3 is 0 Å². The van der Waals surface area contributed by atoms with Gasteiger partial charge in [-0.15, -0.1) is 0 Å². The van der Waals surface area contributed by atoms with E-state index in [0.717, 1.165) is 0 Å². The van der Waals surface area contributed by atoms with Crippen molar-refractivity contribution in [2.45, 2.75) is 19.3 Å². The summed E-state index contributed by atoms with van der Waals surface area (Å²) >= 11 is 0. The molecular weight excluding hydrogens is 371 g/mol. The highest BCUT2D eigenvalue weighted by atomic mass is 14.3. The maximum atomic E-state index is 2.38. The molecule has 0 saturated carbocycles. The predicted octanol–water partition coefficient (Wildman–Crippen LogP) is 6.60. The minimum atomic E-state index is 0.671. The zero-order chi connectivity index (χ0) is 20.8. The Labute approximate surface area is 185 Å². The van der Waals surface area contributed by atoms with Gasteiger partial charge in [0.15, 0.2) is 0 Å². The van der Waals surface area contributed by atoms with Crippen LogP contribution in [0.25, 0.3) is 38.2 Å². The van der Waals surface area contributed by atoms with Gasteiger partial charge in [0.1, 0.15) is 7.85 Å². The second-order valence-corrected chi connectivity index (χ2v) is 8.87. The van der Waals surface area contributed by atoms with E-state index in [1.54, 1.807) is 0 Å². The van der Waals surface area contributed by atoms with Gasteiger partial charge in [-0.3, -0.25) is 0 Å². The van der Waals surface area contributed by atoms with Crippen LogP contribution in [0.5, 0.6) is 0 Å². The molecule has 0 saturated heterocycles. The Morgan fingerprint density at radius 2 is 1.23 bits per heavy atom. The summed E-state index contributed by atoms with van der Waals surface area (Å²) in [4.78, 5) is 0. The van der Waals surface area contributed by atoms with Crippen molar-refractivity contribution in [3.63, 3.8) is 0 Å². The Morgan fingerprint density at radius 3 is 2.00 bits per heavy atom. The van der Waals surface area contributed by atoms with Crippen molar-refractivity contribution in [1.29, 1.82) is 0 Å². The quantitative estimate of drug-likeness (QED) is 0.335. The maximum Gasteiger partial charge on any atom is 0.140 e. The van der Waals surface area contributed by atoms with E-state index in [4.69, 9.17) is 0 Å². The number of benzene rings is 4. The smallest absolute Gasteiger partial charge is 0.0842 e. The van der Waals surface area contributed by atoms with E-state index >= 15 is 0 Å². The van der Waals surface area contributed by atoms with Gasteiger partial charge in [0.25, 0.3) is 0 Å². The Kier molecular flexibility index (Phi) is 4.42. The molecule has 2 aliphatic rings. The van der Waals surface area contributed by atoms with Gasteiger partial charge in [0.05, 0.1) is 0 Å². The molecular formula is C30H25B. The monoisotopic (exact) mass is 396 g/mol. The summed E-state index contributed by atoms with van der Waals surface area (Å²) in [5.41, 5.74) is 8.25. The van der Waals surface area contributed by atoms with Crippen molar-refractivity contribution in [1.82, 2.24) is 0 Å². The molecule has 4 aromatic rings. The lowest BCUT2D eigenvalue weighted by atomic mass is 9.78. The first-order valence-electron chi connectivity index (χ1n) is 11.4. The second kappa shape index (κ2) is 7.43. The summed E-state index contributed by atoms with van der Waals surface area (Å²) in [6, 6.07) is 26.9. The molecule has 1 heteroatoms. The topological polar surface area (TPSA) is 0 Å². The first kappa shape index (κ1) is 18.5. The third kappa shape index (κ3) is 2.99. The number of allylic oxidation sites excluding steroid dienone is 6. The molecule has 4 aromatic carbocycles. The summed E-state index contributed by atoms with van der Waals surface area (Å²) in [5, 5.41) is 5.34. The molecule has 2 aliphatic carbocycles. The standard InChI is InChI=1S/C30H25B/c31-30-19-18-28(25-13-5-6-14-29(25)30)27-17-16-26(23-11-3-4-12-24(23)27)22-15-7-9-20-8-1-2-10-21(20)22/h2-7,10-20H,1,8-9,31H2. The largest absolute Gasteiger partial charge is 0.140 e. The molecule has 148 valence electrons. The summed E-state index contributed by atoms with van der Waals surface area (Å²) < 4.78 is 0. The third-order valence-corrected chi connectivity index (χ3v) is 7.08. The summed E-state index contributed by atoms with van der Waals surface area (Å²) in [7, 11) is 2.20. The van der Waals surface area contributed by atoms with Crippen molar-refractivity contribution in [3.05, 3.63) is 108 Å². The van der Waals surface area contributed by atoms with Crippen LogP contribution in [0.3, 0.4) is 0 Å². The highest BCUT2D eigenvalue weighted by Crippen LogP contribution is 2.42. The van der Waals surface area contributed by atoms with Crippen LogP contribution in [-0.2, 0) is 0 Å². The first-order chi connectivity index (χ1) is 15.3. The minimum absolute atomic E-state index is 0.671. The summed E-state index contributed by atoms with van der Waals surface area (Å²) in [6.45, 7) is 0. The van der Waals surface area contributed by atoms with Gasteiger partial charge in [-0.25, -0.2) is 0 Å². The fourth-order valence-corrected chi connectivity index (χ4v) is 5.50. The number of hydrogen-bond acceptors (Lipinski definition) is 0. The molecule has 0 amide bonds. The van der Waals surface area contributed by atoms with Crippen molar-refractivity contribution >= 4 is 40.4 Å². The lowest BCUT2D eigenvalue weighted by molar-refractivity contribution is 0.568. The average Bonchev–Trinajstić information content (AvgIpc) is 2.84. The highest BCUT2D eigenvalue weighted by Gasteiger charge is 2.22. The predicted molar refractivity (Wildman–Crippen MR) is 138 cm³/mol. The molecule has 0 nitrogen and oxygen atoms in total. The first-order valence-corrected chi connectivity index (χ1v) is 11.4. The van der Waals surface area contributed by atoms with E-state index < -0.39 is 0 Å². The van der Waals surface area contributed by atoms with Crippen molar-refractivity contribution in [2.75, 3.05) is 0 Å². The third-order valence-electron chi connectivity index (χ3n) is 7.08. The van der Waals surface area contributed by atoms with Crippen LogP contribution >= 0.6 is 0 Å². The number of hydrogen-bond donors (Lipinski definition) is 0. The van der Waals surface area contributed by atoms with Crippen molar-refractivity contribution in [2.24, 2.45) is 5.92 Å². The van der Waals surface area contributed by atoms with Crippen LogP contribution in [0.15, 0.2) is 103 Å². The zero-order valence-corrected chi connectivity index (χ0v) is 17.9. The van der Waals surface area contributed by atoms with E-state index in [2.05, 4.69) is 105 Å². The Morgan fingerprint density at radius 1 is 0.613 bits per heavy atom. The molecule has 0 spiro atoms. The Bertz CT molecular complexity index is 1420. The van der Waals surface area contributed by atoms with Gasteiger partial charge in [-0.05, 0) is 74.6 Å². The van der Waals surface area contributed by atoms with E-state index in [9.17, 15) is 0 Å². The fourth-order valence-electron chi connectivity index (χ4n) is 5.50. The molecule has 0 fully saturated rings. The Balaban J connectivity index is 1.63. The van der Waals surface area contributed by atoms with Crippen molar-refractivity contribution in [3.8, 4) is 11.1 Å². The molecule has 0 radical (unpaired) electrons. The van der Waals surface area contributed by atoms with E-state index in [1.807, 2.05) is 0 Å². The van der Waals surface area contributed by atoms with Crippen LogP contribution in [0, 0.1) is 5.92 Å². The van der Waals surface area contributed by atoms with Gasteiger partial charge in [-0.2, -0.15) is 0 Å². The molecule has 0 aliphatic heterocycles. The average molecular weight is 396 g/mol. The lowest BCUT2D eigenvalue weighted by Crippen LogP contribution is -2.10. The van der Waals surface area contributed by atoms with E-state index in [0.29, 0.717) is 5.92 Å². The molecule has 0 N–H and O–H groups in total. The summed E-state index contributed by atoms with van der Waals surface area (Å²) in [6.07, 6.45) is 13.1.